The third-order valence-corrected chi connectivity index (χ3v) is 5.95. The van der Waals surface area contributed by atoms with Gasteiger partial charge in [0.05, 0.1) is 0 Å². The van der Waals surface area contributed by atoms with Crippen LogP contribution in [0.2, 0.25) is 0 Å². The van der Waals surface area contributed by atoms with Crippen LogP contribution < -0.4 is 5.32 Å². The smallest absolute Gasteiger partial charge is 0.330 e. The number of hydrogen-bond donors (Lipinski definition) is 2. The average molecular weight is 390 g/mol. The number of carboxylic acid groups (broad SMARTS) is 1. The van der Waals surface area contributed by atoms with Gasteiger partial charge in [0, 0.05) is 27.3 Å². The molecule has 1 atom stereocenters. The highest BCUT2D eigenvalue weighted by atomic mass is 79.9. The van der Waals surface area contributed by atoms with Crippen molar-refractivity contribution in [3.05, 3.63) is 28.7 Å². The van der Waals surface area contributed by atoms with Gasteiger partial charge in [0.25, 0.3) is 0 Å². The van der Waals surface area contributed by atoms with Gasteiger partial charge in [-0.2, -0.15) is 11.8 Å². The fraction of sp³-hybridized carbons (Fsp3) is 0.429. The van der Waals surface area contributed by atoms with Gasteiger partial charge in [-0.05, 0) is 36.4 Å². The molecule has 0 radical (unpaired) electrons. The first kappa shape index (κ1) is 16.7. The predicted octanol–water partition coefficient (Wildman–Crippen LogP) is 3.01. The number of amides is 1. The Hall–Kier alpha value is -0.660. The van der Waals surface area contributed by atoms with Crippen LogP contribution in [0.25, 0.3) is 0 Å². The number of carboxylic acids is 1. The summed E-state index contributed by atoms with van der Waals surface area (Å²) in [4.78, 5) is 24.4. The lowest BCUT2D eigenvalue weighted by Crippen LogP contribution is -2.54. The number of carbonyl (C=O) groups excluding carboxylic acids is 1. The molecule has 4 nitrogen and oxygen atoms in total. The van der Waals surface area contributed by atoms with Crippen LogP contribution in [0.3, 0.4) is 0 Å². The molecule has 0 bridgehead atoms. The average Bonchev–Trinajstić information content (AvgIpc) is 2.91. The van der Waals surface area contributed by atoms with Gasteiger partial charge in [0.15, 0.2) is 0 Å². The zero-order valence-corrected chi connectivity index (χ0v) is 14.5. The Morgan fingerprint density at radius 3 is 2.67 bits per heavy atom. The minimum atomic E-state index is -1.07. The molecule has 1 aliphatic rings. The summed E-state index contributed by atoms with van der Waals surface area (Å²) >= 11 is 6.53. The second-order valence-corrected chi connectivity index (χ2v) is 7.98. The van der Waals surface area contributed by atoms with Gasteiger partial charge in [-0.15, -0.1) is 11.8 Å². The summed E-state index contributed by atoms with van der Waals surface area (Å²) < 4.78 is 1.02. The van der Waals surface area contributed by atoms with E-state index < -0.39 is 11.5 Å². The van der Waals surface area contributed by atoms with Crippen molar-refractivity contribution in [1.29, 1.82) is 0 Å². The summed E-state index contributed by atoms with van der Waals surface area (Å²) in [5.74, 6) is 0.746. The van der Waals surface area contributed by atoms with Crippen LogP contribution in [0, 0.1) is 0 Å². The van der Waals surface area contributed by atoms with E-state index in [1.165, 1.54) is 0 Å². The fourth-order valence-electron chi connectivity index (χ4n) is 2.01. The number of halogens is 1. The summed E-state index contributed by atoms with van der Waals surface area (Å²) in [6.07, 6.45) is 0.818. The summed E-state index contributed by atoms with van der Waals surface area (Å²) in [5, 5.41) is 12.0. The van der Waals surface area contributed by atoms with E-state index in [4.69, 9.17) is 0 Å². The number of nitrogens with one attached hydrogen (secondary N) is 1. The number of rotatable bonds is 6. The van der Waals surface area contributed by atoms with Crippen molar-refractivity contribution in [2.75, 3.05) is 17.3 Å². The Bertz CT molecular complexity index is 515. The molecule has 2 rings (SSSR count). The predicted molar refractivity (Wildman–Crippen MR) is 89.9 cm³/mol. The largest absolute Gasteiger partial charge is 0.479 e. The minimum Gasteiger partial charge on any atom is -0.479 e. The maximum Gasteiger partial charge on any atom is 0.330 e. The molecule has 0 aliphatic carbocycles. The SMILES string of the molecule is O=C(CCSc1ccc(Br)cc1)NC1(C(=O)O)CCSC1. The molecule has 0 saturated carbocycles. The Balaban J connectivity index is 1.79. The van der Waals surface area contributed by atoms with E-state index in [0.717, 1.165) is 15.1 Å². The number of carbonyl (C=O) groups is 2. The lowest BCUT2D eigenvalue weighted by molar-refractivity contribution is -0.146. The summed E-state index contributed by atoms with van der Waals surface area (Å²) in [7, 11) is 0. The molecule has 0 spiro atoms. The molecule has 1 unspecified atom stereocenters. The molecule has 1 amide bonds. The molecule has 1 aliphatic heterocycles. The van der Waals surface area contributed by atoms with Crippen molar-refractivity contribution in [2.45, 2.75) is 23.3 Å². The third-order valence-electron chi connectivity index (χ3n) is 3.22. The molecule has 1 fully saturated rings. The highest BCUT2D eigenvalue weighted by Crippen LogP contribution is 2.28. The summed E-state index contributed by atoms with van der Waals surface area (Å²) in [6, 6.07) is 7.88. The van der Waals surface area contributed by atoms with E-state index in [1.807, 2.05) is 24.3 Å². The third kappa shape index (κ3) is 4.66. The molecule has 2 N–H and O–H groups in total. The highest BCUT2D eigenvalue weighted by Gasteiger charge is 2.43. The van der Waals surface area contributed by atoms with Crippen LogP contribution in [0.15, 0.2) is 33.6 Å². The van der Waals surface area contributed by atoms with E-state index in [-0.39, 0.29) is 5.91 Å². The summed E-state index contributed by atoms with van der Waals surface area (Å²) in [6.45, 7) is 0. The van der Waals surface area contributed by atoms with Crippen LogP contribution in [0.1, 0.15) is 12.8 Å². The molecular weight excluding hydrogens is 374 g/mol. The van der Waals surface area contributed by atoms with E-state index in [9.17, 15) is 14.7 Å². The van der Waals surface area contributed by atoms with Crippen LogP contribution in [-0.4, -0.2) is 39.8 Å². The first-order valence-electron chi connectivity index (χ1n) is 6.52. The normalized spacial score (nSPS) is 21.2. The maximum absolute atomic E-state index is 11.9. The first-order chi connectivity index (χ1) is 10.0. The van der Waals surface area contributed by atoms with E-state index in [1.54, 1.807) is 23.5 Å². The van der Waals surface area contributed by atoms with Crippen molar-refractivity contribution in [1.82, 2.24) is 5.32 Å². The number of hydrogen-bond acceptors (Lipinski definition) is 4. The Kier molecular flexibility index (Phi) is 6.01. The van der Waals surface area contributed by atoms with E-state index >= 15 is 0 Å². The Morgan fingerprint density at radius 1 is 1.38 bits per heavy atom. The van der Waals surface area contributed by atoms with Gasteiger partial charge in [0.1, 0.15) is 5.54 Å². The van der Waals surface area contributed by atoms with Crippen molar-refractivity contribution in [3.8, 4) is 0 Å². The highest BCUT2D eigenvalue weighted by molar-refractivity contribution is 9.10. The van der Waals surface area contributed by atoms with Crippen molar-refractivity contribution in [3.63, 3.8) is 0 Å². The monoisotopic (exact) mass is 389 g/mol. The van der Waals surface area contributed by atoms with Gasteiger partial charge in [-0.3, -0.25) is 4.79 Å². The fourth-order valence-corrected chi connectivity index (χ4v) is 4.45. The van der Waals surface area contributed by atoms with Gasteiger partial charge in [-0.1, -0.05) is 15.9 Å². The van der Waals surface area contributed by atoms with Crippen molar-refractivity contribution < 1.29 is 14.7 Å². The molecule has 1 heterocycles. The molecular formula is C14H16BrNO3S2. The number of thioether (sulfide) groups is 2. The second-order valence-electron chi connectivity index (χ2n) is 4.79. The quantitative estimate of drug-likeness (QED) is 0.731. The molecule has 114 valence electrons. The Morgan fingerprint density at radius 2 is 2.10 bits per heavy atom. The topological polar surface area (TPSA) is 66.4 Å². The number of aliphatic carboxylic acids is 1. The molecule has 21 heavy (non-hydrogen) atoms. The Labute approximate surface area is 140 Å². The minimum absolute atomic E-state index is 0.190. The standard InChI is InChI=1S/C14H16BrNO3S2/c15-10-1-3-11(4-2-10)21-7-5-12(17)16-14(13(18)19)6-8-20-9-14/h1-4H,5-9H2,(H,16,17)(H,18,19). The van der Waals surface area contributed by atoms with Crippen molar-refractivity contribution in [2.24, 2.45) is 0 Å². The lowest BCUT2D eigenvalue weighted by Gasteiger charge is -2.24. The zero-order valence-electron chi connectivity index (χ0n) is 11.3. The molecule has 7 heteroatoms. The maximum atomic E-state index is 11.9. The summed E-state index contributed by atoms with van der Waals surface area (Å²) in [5.41, 5.74) is -1.07. The molecule has 1 aromatic carbocycles. The first-order valence-corrected chi connectivity index (χ1v) is 9.46. The van der Waals surface area contributed by atoms with Crippen LogP contribution in [0.5, 0.6) is 0 Å². The van der Waals surface area contributed by atoms with Crippen LogP contribution in [-0.2, 0) is 9.59 Å². The number of benzene rings is 1. The van der Waals surface area contributed by atoms with Crippen LogP contribution >= 0.6 is 39.5 Å². The van der Waals surface area contributed by atoms with Gasteiger partial charge >= 0.3 is 5.97 Å². The molecule has 1 aromatic rings. The molecule has 0 aromatic heterocycles. The molecule has 1 saturated heterocycles. The van der Waals surface area contributed by atoms with Gasteiger partial charge in [0.2, 0.25) is 5.91 Å². The van der Waals surface area contributed by atoms with Crippen molar-refractivity contribution >= 4 is 51.3 Å². The van der Waals surface area contributed by atoms with E-state index in [2.05, 4.69) is 21.2 Å². The van der Waals surface area contributed by atoms with Gasteiger partial charge < -0.3 is 10.4 Å². The second kappa shape index (κ2) is 7.56. The van der Waals surface area contributed by atoms with Gasteiger partial charge in [-0.25, -0.2) is 4.79 Å². The lowest BCUT2D eigenvalue weighted by atomic mass is 9.99. The zero-order chi connectivity index (χ0) is 15.3. The van der Waals surface area contributed by atoms with E-state index in [0.29, 0.717) is 24.3 Å². The van der Waals surface area contributed by atoms with Crippen LogP contribution in [0.4, 0.5) is 0 Å².